The first kappa shape index (κ1) is 10.5. The number of carbonyl (C=O) groups is 1. The Balaban J connectivity index is 2.56. The molecule has 0 aliphatic carbocycles. The van der Waals surface area contributed by atoms with Crippen LogP contribution in [0.15, 0.2) is 24.3 Å². The smallest absolute Gasteiger partial charge is 0.339 e. The van der Waals surface area contributed by atoms with Crippen molar-refractivity contribution >= 4 is 33.7 Å². The van der Waals surface area contributed by atoms with Gasteiger partial charge < -0.3 is 10.5 Å². The zero-order valence-electron chi connectivity index (χ0n) is 9.60. The highest BCUT2D eigenvalue weighted by Gasteiger charge is 2.20. The van der Waals surface area contributed by atoms with Crippen molar-refractivity contribution in [2.45, 2.75) is 0 Å². The summed E-state index contributed by atoms with van der Waals surface area (Å²) in [4.78, 5) is 16.3. The molecule has 0 bridgehead atoms. The van der Waals surface area contributed by atoms with Gasteiger partial charge in [0.2, 0.25) is 0 Å². The van der Waals surface area contributed by atoms with Crippen molar-refractivity contribution in [1.82, 2.24) is 15.2 Å². The Hall–Kier alpha value is -2.63. The van der Waals surface area contributed by atoms with E-state index in [0.717, 1.165) is 0 Å². The van der Waals surface area contributed by atoms with Crippen LogP contribution in [0.5, 0.6) is 0 Å². The van der Waals surface area contributed by atoms with E-state index in [-0.39, 0.29) is 0 Å². The number of pyridine rings is 1. The number of nitrogens with two attached hydrogens (primary N) is 1. The number of rotatable bonds is 1. The van der Waals surface area contributed by atoms with Crippen molar-refractivity contribution < 1.29 is 9.53 Å². The van der Waals surface area contributed by atoms with Gasteiger partial charge in [-0.15, -0.1) is 0 Å². The number of nitrogen functional groups attached to an aromatic ring is 1. The average molecular weight is 242 g/mol. The molecule has 6 nitrogen and oxygen atoms in total. The van der Waals surface area contributed by atoms with Gasteiger partial charge in [0.25, 0.3) is 0 Å². The number of hydrogen-bond acceptors (Lipinski definition) is 5. The molecule has 0 aliphatic heterocycles. The molecule has 1 aromatic carbocycles. The van der Waals surface area contributed by atoms with Crippen LogP contribution in [-0.4, -0.2) is 28.3 Å². The molecule has 3 N–H and O–H groups in total. The molecule has 6 heteroatoms. The molecule has 90 valence electrons. The number of fused-ring (bicyclic) bond motifs is 2. The largest absolute Gasteiger partial charge is 0.465 e. The normalized spacial score (nSPS) is 10.9. The fraction of sp³-hybridized carbons (Fsp3) is 0.0833. The maximum absolute atomic E-state index is 11.9. The fourth-order valence-electron chi connectivity index (χ4n) is 2.02. The molecule has 2 heterocycles. The topological polar surface area (TPSA) is 93.9 Å². The first-order valence-corrected chi connectivity index (χ1v) is 5.33. The summed E-state index contributed by atoms with van der Waals surface area (Å²) in [7, 11) is 1.33. The number of hydrogen-bond donors (Lipinski definition) is 2. The van der Waals surface area contributed by atoms with E-state index < -0.39 is 5.97 Å². The third kappa shape index (κ3) is 1.32. The third-order valence-electron chi connectivity index (χ3n) is 2.81. The summed E-state index contributed by atoms with van der Waals surface area (Å²) in [5, 5.41) is 7.80. The van der Waals surface area contributed by atoms with Crippen LogP contribution >= 0.6 is 0 Å². The number of aromatic amines is 1. The molecule has 0 radical (unpaired) electrons. The molecule has 0 unspecified atom stereocenters. The Bertz CT molecular complexity index is 763. The second kappa shape index (κ2) is 3.69. The molecular formula is C12H10N4O2. The molecule has 3 aromatic rings. The lowest BCUT2D eigenvalue weighted by atomic mass is 10.1. The molecule has 0 saturated carbocycles. The monoisotopic (exact) mass is 242 g/mol. The lowest BCUT2D eigenvalue weighted by Crippen LogP contribution is -2.04. The number of para-hydroxylation sites is 1. The Morgan fingerprint density at radius 1 is 1.39 bits per heavy atom. The molecule has 18 heavy (non-hydrogen) atoms. The highest BCUT2D eigenvalue weighted by atomic mass is 16.5. The van der Waals surface area contributed by atoms with E-state index in [1.165, 1.54) is 7.11 Å². The summed E-state index contributed by atoms with van der Waals surface area (Å²) in [6, 6.07) is 7.29. The molecule has 0 fully saturated rings. The van der Waals surface area contributed by atoms with E-state index >= 15 is 0 Å². The zero-order valence-corrected chi connectivity index (χ0v) is 9.60. The van der Waals surface area contributed by atoms with Gasteiger partial charge in [-0.25, -0.2) is 9.78 Å². The number of H-pyrrole nitrogens is 1. The second-order valence-electron chi connectivity index (χ2n) is 3.83. The van der Waals surface area contributed by atoms with Crippen LogP contribution in [0.1, 0.15) is 10.4 Å². The molecule has 0 saturated heterocycles. The number of nitrogens with zero attached hydrogens (tertiary/aromatic N) is 2. The Kier molecular flexibility index (Phi) is 2.16. The number of carbonyl (C=O) groups excluding carboxylic acids is 1. The van der Waals surface area contributed by atoms with E-state index in [0.29, 0.717) is 33.3 Å². The Morgan fingerprint density at radius 2 is 2.17 bits per heavy atom. The van der Waals surface area contributed by atoms with Crippen LogP contribution in [0, 0.1) is 0 Å². The predicted molar refractivity (Wildman–Crippen MR) is 67.1 cm³/mol. The molecule has 0 atom stereocenters. The maximum Gasteiger partial charge on any atom is 0.339 e. The van der Waals surface area contributed by atoms with Crippen molar-refractivity contribution in [2.24, 2.45) is 0 Å². The summed E-state index contributed by atoms with van der Waals surface area (Å²) in [6.07, 6.45) is 0. The third-order valence-corrected chi connectivity index (χ3v) is 2.81. The van der Waals surface area contributed by atoms with Gasteiger partial charge in [0.15, 0.2) is 5.65 Å². The van der Waals surface area contributed by atoms with Gasteiger partial charge in [0, 0.05) is 5.39 Å². The predicted octanol–water partition coefficient (Wildman–Crippen LogP) is 1.48. The van der Waals surface area contributed by atoms with Crippen molar-refractivity contribution in [2.75, 3.05) is 12.8 Å². The van der Waals surface area contributed by atoms with E-state index in [4.69, 9.17) is 10.5 Å². The van der Waals surface area contributed by atoms with Crippen LogP contribution < -0.4 is 5.73 Å². The number of nitrogens with one attached hydrogen (secondary N) is 1. The number of anilines is 1. The fourth-order valence-corrected chi connectivity index (χ4v) is 2.02. The number of benzene rings is 1. The Morgan fingerprint density at radius 3 is 2.94 bits per heavy atom. The van der Waals surface area contributed by atoms with Crippen LogP contribution in [0.3, 0.4) is 0 Å². The quantitative estimate of drug-likeness (QED) is 0.630. The van der Waals surface area contributed by atoms with E-state index in [2.05, 4.69) is 15.2 Å². The molecular weight excluding hydrogens is 232 g/mol. The second-order valence-corrected chi connectivity index (χ2v) is 3.83. The van der Waals surface area contributed by atoms with Crippen molar-refractivity contribution in [3.05, 3.63) is 29.8 Å². The number of methoxy groups -OCH3 is 1. The molecule has 2 aromatic heterocycles. The highest BCUT2D eigenvalue weighted by Crippen LogP contribution is 2.28. The van der Waals surface area contributed by atoms with E-state index in [1.54, 1.807) is 6.07 Å². The SMILES string of the molecule is COC(=O)c1c2ccccc2nc2n[nH]c(N)c12. The van der Waals surface area contributed by atoms with Crippen LogP contribution in [0.25, 0.3) is 21.9 Å². The summed E-state index contributed by atoms with van der Waals surface area (Å²) in [5.41, 5.74) is 7.27. The molecule has 0 aliphatic rings. The minimum Gasteiger partial charge on any atom is -0.465 e. The lowest BCUT2D eigenvalue weighted by molar-refractivity contribution is 0.0605. The number of aromatic nitrogens is 3. The van der Waals surface area contributed by atoms with Gasteiger partial charge in [-0.1, -0.05) is 18.2 Å². The van der Waals surface area contributed by atoms with Gasteiger partial charge in [-0.2, -0.15) is 5.10 Å². The van der Waals surface area contributed by atoms with Crippen molar-refractivity contribution in [3.8, 4) is 0 Å². The van der Waals surface area contributed by atoms with Crippen LogP contribution in [-0.2, 0) is 4.74 Å². The maximum atomic E-state index is 11.9. The molecule has 0 spiro atoms. The Labute approximate surface area is 102 Å². The number of ether oxygens (including phenoxy) is 1. The minimum atomic E-state index is -0.452. The molecule has 0 amide bonds. The van der Waals surface area contributed by atoms with Gasteiger partial charge in [-0.3, -0.25) is 5.10 Å². The van der Waals surface area contributed by atoms with E-state index in [1.807, 2.05) is 18.2 Å². The van der Waals surface area contributed by atoms with Crippen molar-refractivity contribution in [1.29, 1.82) is 0 Å². The first-order chi connectivity index (χ1) is 8.72. The first-order valence-electron chi connectivity index (χ1n) is 5.33. The standard InChI is InChI=1S/C12H10N4O2/c1-18-12(17)8-6-4-2-3-5-7(6)14-11-9(8)10(13)15-16-11/h2-5H,1H3,(H3,13,14,15,16). The molecule has 3 rings (SSSR count). The van der Waals surface area contributed by atoms with Gasteiger partial charge >= 0.3 is 5.97 Å². The summed E-state index contributed by atoms with van der Waals surface area (Å²) in [6.45, 7) is 0. The van der Waals surface area contributed by atoms with Gasteiger partial charge in [-0.05, 0) is 6.07 Å². The van der Waals surface area contributed by atoms with Crippen LogP contribution in [0.2, 0.25) is 0 Å². The summed E-state index contributed by atoms with van der Waals surface area (Å²) in [5.74, 6) is -0.143. The highest BCUT2D eigenvalue weighted by molar-refractivity contribution is 6.16. The lowest BCUT2D eigenvalue weighted by Gasteiger charge is -2.05. The zero-order chi connectivity index (χ0) is 12.7. The summed E-state index contributed by atoms with van der Waals surface area (Å²) < 4.78 is 4.81. The number of esters is 1. The summed E-state index contributed by atoms with van der Waals surface area (Å²) >= 11 is 0. The average Bonchev–Trinajstić information content (AvgIpc) is 2.77. The van der Waals surface area contributed by atoms with Crippen LogP contribution in [0.4, 0.5) is 5.82 Å². The van der Waals surface area contributed by atoms with E-state index in [9.17, 15) is 4.79 Å². The minimum absolute atomic E-state index is 0.309. The van der Waals surface area contributed by atoms with Gasteiger partial charge in [0.1, 0.15) is 5.82 Å². The van der Waals surface area contributed by atoms with Gasteiger partial charge in [0.05, 0.1) is 23.6 Å². The van der Waals surface area contributed by atoms with Crippen molar-refractivity contribution in [3.63, 3.8) is 0 Å².